The van der Waals surface area contributed by atoms with Gasteiger partial charge >= 0.3 is 0 Å². The molecule has 20 heavy (non-hydrogen) atoms. The van der Waals surface area contributed by atoms with Gasteiger partial charge in [0, 0.05) is 18.6 Å². The molecule has 0 bridgehead atoms. The first-order valence-corrected chi connectivity index (χ1v) is 7.60. The van der Waals surface area contributed by atoms with Gasteiger partial charge in [-0.15, -0.1) is 0 Å². The van der Waals surface area contributed by atoms with E-state index >= 15 is 0 Å². The first-order chi connectivity index (χ1) is 9.79. The van der Waals surface area contributed by atoms with E-state index in [1.807, 2.05) is 4.52 Å². The van der Waals surface area contributed by atoms with E-state index in [4.69, 9.17) is 0 Å². The quantitative estimate of drug-likeness (QED) is 0.908. The highest BCUT2D eigenvalue weighted by Crippen LogP contribution is 2.28. The van der Waals surface area contributed by atoms with E-state index in [9.17, 15) is 0 Å². The van der Waals surface area contributed by atoms with Crippen LogP contribution in [0.2, 0.25) is 0 Å². The number of pyridine rings is 1. The lowest BCUT2D eigenvalue weighted by molar-refractivity contribution is 0.188. The van der Waals surface area contributed by atoms with Crippen LogP contribution in [0.5, 0.6) is 0 Å². The van der Waals surface area contributed by atoms with Crippen LogP contribution in [0.4, 0.5) is 5.82 Å². The zero-order chi connectivity index (χ0) is 13.5. The molecule has 2 aromatic rings. The minimum absolute atomic E-state index is 0.559. The highest BCUT2D eigenvalue weighted by atomic mass is 15.3. The summed E-state index contributed by atoms with van der Waals surface area (Å²) in [4.78, 5) is 6.94. The molecular weight excluding hydrogens is 250 g/mol. The first kappa shape index (κ1) is 12.1. The van der Waals surface area contributed by atoms with Gasteiger partial charge in [0.25, 0.3) is 0 Å². The third kappa shape index (κ3) is 2.06. The van der Waals surface area contributed by atoms with E-state index in [-0.39, 0.29) is 0 Å². The lowest BCUT2D eigenvalue weighted by atomic mass is 9.97. The number of hydrogen-bond donors (Lipinski definition) is 1. The van der Waals surface area contributed by atoms with Crippen LogP contribution in [-0.4, -0.2) is 44.7 Å². The Kier molecular flexibility index (Phi) is 2.88. The second-order valence-corrected chi connectivity index (χ2v) is 6.15. The van der Waals surface area contributed by atoms with Gasteiger partial charge in [0.2, 0.25) is 0 Å². The van der Waals surface area contributed by atoms with Crippen LogP contribution in [0.1, 0.15) is 31.2 Å². The molecule has 2 atom stereocenters. The van der Waals surface area contributed by atoms with Gasteiger partial charge in [-0.1, -0.05) is 0 Å². The summed E-state index contributed by atoms with van der Waals surface area (Å²) >= 11 is 0. The number of fused-ring (bicyclic) bond motifs is 2. The normalized spacial score (nSPS) is 26.9. The molecule has 1 N–H and O–H groups in total. The van der Waals surface area contributed by atoms with Crippen LogP contribution < -0.4 is 5.32 Å². The molecule has 0 aliphatic carbocycles. The van der Waals surface area contributed by atoms with Gasteiger partial charge in [0.05, 0.1) is 0 Å². The average Bonchev–Trinajstić information content (AvgIpc) is 3.05. The molecule has 2 fully saturated rings. The van der Waals surface area contributed by atoms with Crippen molar-refractivity contribution < 1.29 is 0 Å². The van der Waals surface area contributed by atoms with E-state index in [1.54, 1.807) is 6.33 Å². The number of nitrogens with one attached hydrogen (secondary N) is 1. The van der Waals surface area contributed by atoms with Gasteiger partial charge in [0.1, 0.15) is 12.1 Å². The number of rotatable bonds is 2. The zero-order valence-electron chi connectivity index (χ0n) is 11.9. The Morgan fingerprint density at radius 1 is 1.25 bits per heavy atom. The smallest absolute Gasteiger partial charge is 0.157 e. The Bertz CT molecular complexity index is 620. The van der Waals surface area contributed by atoms with Gasteiger partial charge < -0.3 is 10.2 Å². The molecule has 2 aliphatic heterocycles. The molecule has 0 radical (unpaired) electrons. The summed E-state index contributed by atoms with van der Waals surface area (Å²) < 4.78 is 1.91. The van der Waals surface area contributed by atoms with Crippen molar-refractivity contribution in [3.63, 3.8) is 0 Å². The van der Waals surface area contributed by atoms with Crippen LogP contribution in [0, 0.1) is 6.92 Å². The molecule has 5 nitrogen and oxygen atoms in total. The van der Waals surface area contributed by atoms with Crippen LogP contribution in [0.3, 0.4) is 0 Å². The number of aromatic nitrogens is 3. The monoisotopic (exact) mass is 271 g/mol. The topological polar surface area (TPSA) is 45.5 Å². The predicted molar refractivity (Wildman–Crippen MR) is 79.0 cm³/mol. The number of anilines is 1. The van der Waals surface area contributed by atoms with Crippen molar-refractivity contribution in [3.8, 4) is 0 Å². The molecule has 106 valence electrons. The summed E-state index contributed by atoms with van der Waals surface area (Å²) in [6.45, 7) is 4.64. The molecule has 4 rings (SSSR count). The molecule has 0 amide bonds. The molecule has 4 heterocycles. The average molecular weight is 271 g/mol. The van der Waals surface area contributed by atoms with Crippen molar-refractivity contribution in [2.45, 2.75) is 44.7 Å². The van der Waals surface area contributed by atoms with Crippen LogP contribution in [0.15, 0.2) is 18.5 Å². The summed E-state index contributed by atoms with van der Waals surface area (Å²) in [5.41, 5.74) is 2.15. The number of nitrogens with zero attached hydrogens (tertiary/aromatic N) is 4. The van der Waals surface area contributed by atoms with Crippen LogP contribution in [-0.2, 0) is 0 Å². The fraction of sp³-hybridized carbons (Fsp3) is 0.600. The van der Waals surface area contributed by atoms with Crippen molar-refractivity contribution in [2.24, 2.45) is 0 Å². The van der Waals surface area contributed by atoms with Crippen molar-refractivity contribution in [1.29, 1.82) is 0 Å². The van der Waals surface area contributed by atoms with Gasteiger partial charge in [0.15, 0.2) is 5.65 Å². The number of hydrogen-bond acceptors (Lipinski definition) is 4. The number of aryl methyl sites for hydroxylation is 1. The van der Waals surface area contributed by atoms with Gasteiger partial charge in [-0.2, -0.15) is 9.61 Å². The molecule has 2 aromatic heterocycles. The molecule has 2 aliphatic rings. The van der Waals surface area contributed by atoms with E-state index in [2.05, 4.69) is 39.4 Å². The maximum absolute atomic E-state index is 4.32. The lowest BCUT2D eigenvalue weighted by Crippen LogP contribution is -2.43. The third-order valence-electron chi connectivity index (χ3n) is 4.70. The Labute approximate surface area is 119 Å². The standard InChI is InChI=1S/C15H21N5/c1-11-7-14-16-10-17-20(14)15(8-11)18-12-4-6-19-5-2-3-13(19)9-12/h7-8,10,12-13,18H,2-6,9H2,1H3. The highest BCUT2D eigenvalue weighted by Gasteiger charge is 2.31. The molecular formula is C15H21N5. The second-order valence-electron chi connectivity index (χ2n) is 6.15. The second kappa shape index (κ2) is 4.74. The minimum Gasteiger partial charge on any atom is -0.367 e. The molecule has 0 spiro atoms. The predicted octanol–water partition coefficient (Wildman–Crippen LogP) is 2.08. The summed E-state index contributed by atoms with van der Waals surface area (Å²) in [6, 6.07) is 5.58. The fourth-order valence-corrected chi connectivity index (χ4v) is 3.72. The van der Waals surface area contributed by atoms with Crippen molar-refractivity contribution in [1.82, 2.24) is 19.5 Å². The van der Waals surface area contributed by atoms with E-state index in [0.717, 1.165) is 17.5 Å². The fourth-order valence-electron chi connectivity index (χ4n) is 3.72. The summed E-state index contributed by atoms with van der Waals surface area (Å²) in [5.74, 6) is 1.08. The van der Waals surface area contributed by atoms with E-state index in [1.165, 1.54) is 44.3 Å². The van der Waals surface area contributed by atoms with Crippen molar-refractivity contribution >= 4 is 11.5 Å². The minimum atomic E-state index is 0.559. The SMILES string of the molecule is Cc1cc(NC2CCN3CCCC3C2)n2ncnc2c1. The number of piperidine rings is 1. The summed E-state index contributed by atoms with van der Waals surface area (Å²) in [5, 5.41) is 8.02. The van der Waals surface area contributed by atoms with E-state index < -0.39 is 0 Å². The molecule has 0 saturated carbocycles. The van der Waals surface area contributed by atoms with Gasteiger partial charge in [-0.25, -0.2) is 4.98 Å². The summed E-state index contributed by atoms with van der Waals surface area (Å²) in [6.07, 6.45) is 6.84. The third-order valence-corrected chi connectivity index (χ3v) is 4.70. The van der Waals surface area contributed by atoms with Crippen molar-refractivity contribution in [2.75, 3.05) is 18.4 Å². The highest BCUT2D eigenvalue weighted by molar-refractivity contribution is 5.51. The molecule has 0 aromatic carbocycles. The summed E-state index contributed by atoms with van der Waals surface area (Å²) in [7, 11) is 0. The van der Waals surface area contributed by atoms with Gasteiger partial charge in [-0.3, -0.25) is 0 Å². The maximum atomic E-state index is 4.32. The Hall–Kier alpha value is -1.62. The Morgan fingerprint density at radius 2 is 2.20 bits per heavy atom. The van der Waals surface area contributed by atoms with Crippen molar-refractivity contribution in [3.05, 3.63) is 24.0 Å². The molecule has 2 saturated heterocycles. The van der Waals surface area contributed by atoms with E-state index in [0.29, 0.717) is 6.04 Å². The Morgan fingerprint density at radius 3 is 3.15 bits per heavy atom. The van der Waals surface area contributed by atoms with Crippen LogP contribution in [0.25, 0.3) is 5.65 Å². The largest absolute Gasteiger partial charge is 0.367 e. The molecule has 2 unspecified atom stereocenters. The van der Waals surface area contributed by atoms with Crippen LogP contribution >= 0.6 is 0 Å². The lowest BCUT2D eigenvalue weighted by Gasteiger charge is -2.35. The van der Waals surface area contributed by atoms with Gasteiger partial charge in [-0.05, 0) is 56.8 Å². The molecule has 5 heteroatoms. The Balaban J connectivity index is 1.56. The zero-order valence-corrected chi connectivity index (χ0v) is 11.9. The maximum Gasteiger partial charge on any atom is 0.157 e. The first-order valence-electron chi connectivity index (χ1n) is 7.60.